The molecule has 0 aliphatic carbocycles. The average molecular weight is 658 g/mol. The van der Waals surface area contributed by atoms with Gasteiger partial charge in [-0.25, -0.2) is 0 Å². The fourth-order valence-corrected chi connectivity index (χ4v) is 7.45. The van der Waals surface area contributed by atoms with E-state index in [0.29, 0.717) is 39.0 Å². The molecule has 0 saturated carbocycles. The van der Waals surface area contributed by atoms with Crippen molar-refractivity contribution in [1.82, 2.24) is 0 Å². The van der Waals surface area contributed by atoms with Crippen LogP contribution in [0.2, 0.25) is 0 Å². The van der Waals surface area contributed by atoms with Crippen molar-refractivity contribution in [1.29, 1.82) is 0 Å². The van der Waals surface area contributed by atoms with E-state index < -0.39 is 18.1 Å². The normalized spacial score (nSPS) is 14.0. The third kappa shape index (κ3) is 4.86. The van der Waals surface area contributed by atoms with Crippen molar-refractivity contribution in [2.45, 2.75) is 0 Å². The Bertz CT molecular complexity index is 3320. The molecule has 0 unspecified atom stereocenters. The van der Waals surface area contributed by atoms with Gasteiger partial charge in [0, 0.05) is 10.8 Å². The zero-order chi connectivity index (χ0) is 41.6. The highest BCUT2D eigenvalue weighted by Gasteiger charge is 2.21. The van der Waals surface area contributed by atoms with Gasteiger partial charge in [0.25, 0.3) is 0 Å². The Morgan fingerprint density at radius 1 is 0.333 bits per heavy atom. The van der Waals surface area contributed by atoms with Crippen molar-refractivity contribution in [3.8, 4) is 55.6 Å². The molecular formula is C50H32O. The largest absolute Gasteiger partial charge is 0.456 e. The van der Waals surface area contributed by atoms with Crippen molar-refractivity contribution in [3.05, 3.63) is 194 Å². The van der Waals surface area contributed by atoms with E-state index in [4.69, 9.17) is 14.0 Å². The minimum atomic E-state index is -0.449. The summed E-state index contributed by atoms with van der Waals surface area (Å²) in [6.07, 6.45) is 0. The Balaban J connectivity index is 1.24. The van der Waals surface area contributed by atoms with Crippen LogP contribution in [0.4, 0.5) is 0 Å². The van der Waals surface area contributed by atoms with Crippen LogP contribution in [-0.4, -0.2) is 0 Å². The minimum Gasteiger partial charge on any atom is -0.456 e. The van der Waals surface area contributed by atoms with Crippen LogP contribution in [0.3, 0.4) is 0 Å². The summed E-state index contributed by atoms with van der Waals surface area (Å²) < 4.78 is 84.6. The zero-order valence-corrected chi connectivity index (χ0v) is 27.2. The van der Waals surface area contributed by atoms with Gasteiger partial charge in [-0.15, -0.1) is 0 Å². The molecule has 0 aliphatic rings. The molecule has 0 fully saturated rings. The molecule has 0 atom stereocenters. The first-order valence-corrected chi connectivity index (χ1v) is 16.8. The molecule has 238 valence electrons. The smallest absolute Gasteiger partial charge is 0.136 e. The van der Waals surface area contributed by atoms with Crippen LogP contribution < -0.4 is 0 Å². The maximum Gasteiger partial charge on any atom is 0.136 e. The van der Waals surface area contributed by atoms with E-state index in [-0.39, 0.29) is 41.8 Å². The van der Waals surface area contributed by atoms with E-state index in [1.807, 2.05) is 127 Å². The molecule has 10 aromatic rings. The highest BCUT2D eigenvalue weighted by molar-refractivity contribution is 6.26. The summed E-state index contributed by atoms with van der Waals surface area (Å²) >= 11 is 0. The molecule has 0 amide bonds. The molecule has 0 bridgehead atoms. The number of fused-ring (bicyclic) bond motifs is 5. The van der Waals surface area contributed by atoms with Crippen LogP contribution >= 0.6 is 0 Å². The van der Waals surface area contributed by atoms with Gasteiger partial charge in [0.05, 0.1) is 12.3 Å². The molecule has 0 saturated heterocycles. The lowest BCUT2D eigenvalue weighted by Crippen LogP contribution is -1.93. The standard InChI is InChI=1S/C50H32O/c1-3-14-33(15-4-1)35-26-28-36(29-27-35)38-18-7-8-19-39(38)48-40-20-9-11-22-42(40)49(43-23-12-10-21-41(43)48)45-24-13-25-46-50(45)44-31-30-37(32-47(44)51-46)34-16-5-2-6-17-34/h1-32H/i2D,5D,6D,7D,8D,16D,17D,18D,19D. The van der Waals surface area contributed by atoms with E-state index in [9.17, 15) is 2.74 Å². The lowest BCUT2D eigenvalue weighted by atomic mass is 9.83. The van der Waals surface area contributed by atoms with Crippen molar-refractivity contribution < 1.29 is 16.8 Å². The minimum absolute atomic E-state index is 0.0987. The molecule has 1 heterocycles. The zero-order valence-electron chi connectivity index (χ0n) is 36.2. The van der Waals surface area contributed by atoms with Crippen molar-refractivity contribution in [2.75, 3.05) is 0 Å². The van der Waals surface area contributed by atoms with E-state index in [0.717, 1.165) is 54.6 Å². The van der Waals surface area contributed by atoms with Crippen molar-refractivity contribution in [2.24, 2.45) is 0 Å². The van der Waals surface area contributed by atoms with Gasteiger partial charge in [-0.05, 0) is 95.4 Å². The van der Waals surface area contributed by atoms with E-state index in [1.54, 1.807) is 12.1 Å². The predicted octanol–water partition coefficient (Wildman–Crippen LogP) is 14.2. The topological polar surface area (TPSA) is 13.1 Å². The number of benzene rings is 9. The van der Waals surface area contributed by atoms with Crippen molar-refractivity contribution >= 4 is 43.5 Å². The Kier molecular flexibility index (Phi) is 5.04. The van der Waals surface area contributed by atoms with Gasteiger partial charge in [-0.1, -0.05) is 176 Å². The van der Waals surface area contributed by atoms with Crippen LogP contribution in [0, 0.1) is 0 Å². The molecule has 0 spiro atoms. The van der Waals surface area contributed by atoms with Gasteiger partial charge >= 0.3 is 0 Å². The van der Waals surface area contributed by atoms with Gasteiger partial charge in [0.1, 0.15) is 11.2 Å². The maximum atomic E-state index is 9.47. The average Bonchev–Trinajstić information content (AvgIpc) is 3.66. The van der Waals surface area contributed by atoms with Gasteiger partial charge < -0.3 is 4.42 Å². The molecule has 0 radical (unpaired) electrons. The second-order valence-electron chi connectivity index (χ2n) is 12.5. The Morgan fingerprint density at radius 2 is 0.882 bits per heavy atom. The van der Waals surface area contributed by atoms with Gasteiger partial charge in [-0.2, -0.15) is 0 Å². The summed E-state index contributed by atoms with van der Waals surface area (Å²) in [5.74, 6) is 0. The third-order valence-electron chi connectivity index (χ3n) is 9.70. The Labute approximate surface area is 309 Å². The maximum absolute atomic E-state index is 9.47. The number of hydrogen-bond acceptors (Lipinski definition) is 1. The second kappa shape index (κ2) is 12.0. The Hall–Kier alpha value is -6.70. The van der Waals surface area contributed by atoms with Gasteiger partial charge in [-0.3, -0.25) is 0 Å². The summed E-state index contributed by atoms with van der Waals surface area (Å²) in [6.45, 7) is 0. The highest BCUT2D eigenvalue weighted by Crippen LogP contribution is 2.48. The first-order chi connectivity index (χ1) is 29.0. The lowest BCUT2D eigenvalue weighted by molar-refractivity contribution is 0.669. The third-order valence-corrected chi connectivity index (χ3v) is 9.70. The quantitative estimate of drug-likeness (QED) is 0.168. The van der Waals surface area contributed by atoms with Crippen LogP contribution in [0.25, 0.3) is 99.1 Å². The first-order valence-electron chi connectivity index (χ1n) is 21.3. The predicted molar refractivity (Wildman–Crippen MR) is 216 cm³/mol. The number of hydrogen-bond donors (Lipinski definition) is 0. The van der Waals surface area contributed by atoms with Crippen LogP contribution in [0.5, 0.6) is 0 Å². The molecule has 9 aromatic carbocycles. The van der Waals surface area contributed by atoms with E-state index >= 15 is 0 Å². The molecular weight excluding hydrogens is 617 g/mol. The van der Waals surface area contributed by atoms with Crippen molar-refractivity contribution in [3.63, 3.8) is 0 Å². The molecule has 10 rings (SSSR count). The monoisotopic (exact) mass is 657 g/mol. The van der Waals surface area contributed by atoms with Crippen LogP contribution in [0.15, 0.2) is 198 Å². The molecule has 1 heteroatoms. The Morgan fingerprint density at radius 3 is 1.57 bits per heavy atom. The summed E-state index contributed by atoms with van der Waals surface area (Å²) in [6, 6.07) is 42.2. The summed E-state index contributed by atoms with van der Waals surface area (Å²) in [7, 11) is 0. The number of furan rings is 1. The molecule has 1 aromatic heterocycles. The summed E-state index contributed by atoms with van der Waals surface area (Å²) in [5, 5.41) is 5.00. The molecule has 51 heavy (non-hydrogen) atoms. The fraction of sp³-hybridized carbons (Fsp3) is 0. The number of rotatable bonds is 5. The van der Waals surface area contributed by atoms with Crippen LogP contribution in [0.1, 0.15) is 12.3 Å². The van der Waals surface area contributed by atoms with E-state index in [2.05, 4.69) is 0 Å². The second-order valence-corrected chi connectivity index (χ2v) is 12.5. The fourth-order valence-electron chi connectivity index (χ4n) is 7.45. The molecule has 0 N–H and O–H groups in total. The molecule has 0 aliphatic heterocycles. The first kappa shape index (κ1) is 21.4. The van der Waals surface area contributed by atoms with Gasteiger partial charge in [0.2, 0.25) is 0 Å². The summed E-state index contributed by atoms with van der Waals surface area (Å²) in [5.41, 5.74) is 7.69. The SMILES string of the molecule is [2H]c1c([2H])c([2H])c(-c2ccc3c(c2)oc2cccc(-c4c5ccccc5c(-c5c([2H])c([2H])c([2H])c([2H])c5-c5ccc(-c6ccccc6)cc5)c5ccccc45)c23)c([2H])c1[2H]. The van der Waals surface area contributed by atoms with Crippen LogP contribution in [-0.2, 0) is 0 Å². The highest BCUT2D eigenvalue weighted by atomic mass is 16.3. The van der Waals surface area contributed by atoms with E-state index in [1.165, 1.54) is 0 Å². The summed E-state index contributed by atoms with van der Waals surface area (Å²) in [4.78, 5) is 0. The van der Waals surface area contributed by atoms with Gasteiger partial charge in [0.15, 0.2) is 0 Å². The molecule has 1 nitrogen and oxygen atoms in total. The lowest BCUT2D eigenvalue weighted by Gasteiger charge is -2.20.